The van der Waals surface area contributed by atoms with Crippen LogP contribution in [0.15, 0.2) is 36.4 Å². The van der Waals surface area contributed by atoms with Crippen molar-refractivity contribution in [2.75, 3.05) is 20.1 Å². The molecule has 3 aromatic rings. The number of benzene rings is 2. The van der Waals surface area contributed by atoms with Crippen LogP contribution in [0.25, 0.3) is 11.0 Å². The number of nitrogens with zero attached hydrogens (tertiary/aromatic N) is 4. The van der Waals surface area contributed by atoms with Crippen molar-refractivity contribution in [1.82, 2.24) is 19.4 Å². The molecule has 38 heavy (non-hydrogen) atoms. The molecule has 2 amide bonds. The summed E-state index contributed by atoms with van der Waals surface area (Å²) < 4.78 is 57.9. The Hall–Kier alpha value is -3.93. The molecule has 1 saturated heterocycles. The molecule has 0 saturated carbocycles. The lowest BCUT2D eigenvalue weighted by molar-refractivity contribution is -0.131. The Kier molecular flexibility index (Phi) is 4.89. The minimum atomic E-state index is -3.13. The van der Waals surface area contributed by atoms with Gasteiger partial charge in [0.15, 0.2) is 0 Å². The standard InChI is InChI=1S/C29H28F2N4O3/c1-17(36)34-13-5-11-29(2,16-34)12-10-18-8-9-20-21(14-18)35-22-15-23(26(35)32-20)33(3)27(37)19-6-4-7-24(25(19)22)38-28(30)31/h4,6-9,14,22-23,28H,5,11,13,15-16H2,1-3H3/t22-,23-,29?/m1/s1/i3D3. The van der Waals surface area contributed by atoms with Gasteiger partial charge in [-0.05, 0) is 50.1 Å². The van der Waals surface area contributed by atoms with Crippen molar-refractivity contribution >= 4 is 22.8 Å². The fraction of sp³-hybridized carbons (Fsp3) is 0.414. The van der Waals surface area contributed by atoms with Gasteiger partial charge in [-0.1, -0.05) is 17.9 Å². The van der Waals surface area contributed by atoms with E-state index in [1.54, 1.807) is 13.0 Å². The zero-order valence-electron chi connectivity index (χ0n) is 24.0. The van der Waals surface area contributed by atoms with E-state index in [9.17, 15) is 18.4 Å². The summed E-state index contributed by atoms with van der Waals surface area (Å²) in [6.45, 7) is -1.05. The molecular weight excluding hydrogens is 490 g/mol. The molecule has 7 nitrogen and oxygen atoms in total. The second kappa shape index (κ2) is 8.83. The van der Waals surface area contributed by atoms with E-state index in [0.717, 1.165) is 24.3 Å². The number of carbonyl (C=O) groups is 2. The van der Waals surface area contributed by atoms with Crippen LogP contribution in [-0.2, 0) is 4.79 Å². The Bertz CT molecular complexity index is 1640. The maximum Gasteiger partial charge on any atom is 0.387 e. The number of carbonyl (C=O) groups excluding carboxylic acids is 2. The maximum atomic E-state index is 13.6. The van der Waals surface area contributed by atoms with Gasteiger partial charge in [0.05, 0.1) is 23.1 Å². The summed E-state index contributed by atoms with van der Waals surface area (Å²) in [4.78, 5) is 32.8. The van der Waals surface area contributed by atoms with Crippen molar-refractivity contribution in [2.24, 2.45) is 5.41 Å². The predicted molar refractivity (Wildman–Crippen MR) is 137 cm³/mol. The second-order valence-corrected chi connectivity index (χ2v) is 10.4. The van der Waals surface area contributed by atoms with Crippen molar-refractivity contribution in [3.05, 3.63) is 58.9 Å². The van der Waals surface area contributed by atoms with Gasteiger partial charge in [-0.2, -0.15) is 8.78 Å². The predicted octanol–water partition coefficient (Wildman–Crippen LogP) is 4.76. The Morgan fingerprint density at radius 3 is 2.89 bits per heavy atom. The Labute approximate surface area is 223 Å². The normalized spacial score (nSPS) is 25.6. The summed E-state index contributed by atoms with van der Waals surface area (Å²) in [5.41, 5.74) is 1.77. The highest BCUT2D eigenvalue weighted by molar-refractivity contribution is 5.97. The SMILES string of the molecule is [2H]C([2H])([2H])N1C(=O)c2cccc(OC(F)F)c2[C@H]2C[C@@H]1c1nc3ccc(C#CC4(C)CCCN(C(C)=O)C4)cc3n12. The maximum absolute atomic E-state index is 13.6. The number of amides is 2. The molecule has 0 spiro atoms. The summed E-state index contributed by atoms with van der Waals surface area (Å²) in [5, 5.41) is 0. The number of imidazole rings is 1. The largest absolute Gasteiger partial charge is 0.434 e. The highest BCUT2D eigenvalue weighted by Crippen LogP contribution is 2.50. The number of rotatable bonds is 2. The molecule has 0 aliphatic carbocycles. The second-order valence-electron chi connectivity index (χ2n) is 10.4. The molecule has 2 bridgehead atoms. The molecular formula is C29H28F2N4O3. The third-order valence-electron chi connectivity index (χ3n) is 7.80. The highest BCUT2D eigenvalue weighted by atomic mass is 19.3. The van der Waals surface area contributed by atoms with E-state index in [-0.39, 0.29) is 34.6 Å². The van der Waals surface area contributed by atoms with Crippen molar-refractivity contribution in [3.63, 3.8) is 0 Å². The smallest absolute Gasteiger partial charge is 0.387 e. The summed E-state index contributed by atoms with van der Waals surface area (Å²) in [7, 11) is 0. The highest BCUT2D eigenvalue weighted by Gasteiger charge is 2.45. The van der Waals surface area contributed by atoms with E-state index in [1.165, 1.54) is 18.2 Å². The van der Waals surface area contributed by atoms with E-state index < -0.39 is 31.6 Å². The molecule has 196 valence electrons. The van der Waals surface area contributed by atoms with E-state index in [4.69, 9.17) is 13.8 Å². The molecule has 4 heterocycles. The van der Waals surface area contributed by atoms with Gasteiger partial charge < -0.3 is 19.1 Å². The van der Waals surface area contributed by atoms with Crippen LogP contribution < -0.4 is 4.74 Å². The van der Waals surface area contributed by atoms with Gasteiger partial charge in [0.2, 0.25) is 5.91 Å². The Balaban J connectivity index is 1.49. The number of fused-ring (bicyclic) bond motifs is 9. The van der Waals surface area contributed by atoms with E-state index >= 15 is 0 Å². The monoisotopic (exact) mass is 521 g/mol. The van der Waals surface area contributed by atoms with Crippen molar-refractivity contribution in [2.45, 2.75) is 51.8 Å². The molecule has 9 heteroatoms. The minimum absolute atomic E-state index is 0.00969. The number of hydrogen-bond donors (Lipinski definition) is 0. The van der Waals surface area contributed by atoms with Crippen LogP contribution in [0.4, 0.5) is 8.78 Å². The van der Waals surface area contributed by atoms with Gasteiger partial charge in [0.25, 0.3) is 5.91 Å². The van der Waals surface area contributed by atoms with Gasteiger partial charge in [-0.25, -0.2) is 4.98 Å². The lowest BCUT2D eigenvalue weighted by Crippen LogP contribution is -2.43. The quantitative estimate of drug-likeness (QED) is 0.456. The molecule has 3 aliphatic rings. The van der Waals surface area contributed by atoms with E-state index in [1.807, 2.05) is 28.5 Å². The number of ether oxygens (including phenoxy) is 1. The molecule has 0 radical (unpaired) electrons. The van der Waals surface area contributed by atoms with Crippen LogP contribution in [0, 0.1) is 17.3 Å². The summed E-state index contributed by atoms with van der Waals surface area (Å²) in [6, 6.07) is 8.11. The fourth-order valence-electron chi connectivity index (χ4n) is 6.02. The lowest BCUT2D eigenvalue weighted by Gasteiger charge is -2.36. The Morgan fingerprint density at radius 2 is 2.13 bits per heavy atom. The summed E-state index contributed by atoms with van der Waals surface area (Å²) in [6.07, 6.45) is 1.87. The molecule has 1 fully saturated rings. The van der Waals surface area contributed by atoms with Crippen molar-refractivity contribution in [1.29, 1.82) is 0 Å². The number of aromatic nitrogens is 2. The number of halogens is 2. The molecule has 1 unspecified atom stereocenters. The first-order chi connectivity index (χ1) is 19.4. The van der Waals surface area contributed by atoms with Crippen molar-refractivity contribution in [3.8, 4) is 17.6 Å². The number of hydrogen-bond acceptors (Lipinski definition) is 4. The minimum Gasteiger partial charge on any atom is -0.434 e. The van der Waals surface area contributed by atoms with Crippen LogP contribution >= 0.6 is 0 Å². The average Bonchev–Trinajstić information content (AvgIpc) is 3.39. The molecule has 6 rings (SSSR count). The third kappa shape index (κ3) is 3.90. The van der Waals surface area contributed by atoms with Gasteiger partial charge in [0, 0.05) is 59.6 Å². The summed E-state index contributed by atoms with van der Waals surface area (Å²) >= 11 is 0. The van der Waals surface area contributed by atoms with Gasteiger partial charge >= 0.3 is 6.61 Å². The summed E-state index contributed by atoms with van der Waals surface area (Å²) in [5.74, 6) is 6.04. The van der Waals surface area contributed by atoms with Gasteiger partial charge in [-0.3, -0.25) is 9.59 Å². The zero-order valence-corrected chi connectivity index (χ0v) is 21.0. The first kappa shape index (κ1) is 21.1. The Morgan fingerprint density at radius 1 is 1.29 bits per heavy atom. The zero-order chi connectivity index (χ0) is 29.3. The first-order valence-corrected chi connectivity index (χ1v) is 12.6. The van der Waals surface area contributed by atoms with Crippen LogP contribution in [0.2, 0.25) is 0 Å². The van der Waals surface area contributed by atoms with Gasteiger partial charge in [-0.15, -0.1) is 0 Å². The average molecular weight is 522 g/mol. The molecule has 2 aromatic carbocycles. The molecule has 3 aliphatic heterocycles. The number of likely N-dealkylation sites (tertiary alicyclic amines) is 1. The third-order valence-corrected chi connectivity index (χ3v) is 7.80. The van der Waals surface area contributed by atoms with Crippen LogP contribution in [0.3, 0.4) is 0 Å². The first-order valence-electron chi connectivity index (χ1n) is 14.1. The van der Waals surface area contributed by atoms with Crippen LogP contribution in [-0.4, -0.2) is 57.8 Å². The molecule has 0 N–H and O–H groups in total. The van der Waals surface area contributed by atoms with Crippen LogP contribution in [0.5, 0.6) is 5.75 Å². The van der Waals surface area contributed by atoms with Gasteiger partial charge in [0.1, 0.15) is 11.6 Å². The molecule has 3 atom stereocenters. The van der Waals surface area contributed by atoms with Crippen molar-refractivity contribution < 1.29 is 27.2 Å². The lowest BCUT2D eigenvalue weighted by atomic mass is 9.82. The van der Waals surface area contributed by atoms with Crippen LogP contribution in [0.1, 0.15) is 76.6 Å². The fourth-order valence-corrected chi connectivity index (χ4v) is 6.02. The van der Waals surface area contributed by atoms with E-state index in [2.05, 4.69) is 11.8 Å². The molecule has 1 aromatic heterocycles. The number of piperidine rings is 1. The topological polar surface area (TPSA) is 67.7 Å². The number of alkyl halides is 2. The van der Waals surface area contributed by atoms with E-state index in [0.29, 0.717) is 29.0 Å².